The maximum atomic E-state index is 12.1. The molecule has 108 valence electrons. The third-order valence-electron chi connectivity index (χ3n) is 2.95. The van der Waals surface area contributed by atoms with Crippen molar-refractivity contribution in [2.45, 2.75) is 10.1 Å². The highest BCUT2D eigenvalue weighted by atomic mass is 32.2. The molecular weight excluding hydrogens is 306 g/mol. The number of oxazole rings is 1. The minimum atomic E-state index is -3.25. The van der Waals surface area contributed by atoms with Gasteiger partial charge in [-0.25, -0.2) is 13.4 Å². The van der Waals surface area contributed by atoms with Crippen LogP contribution in [0.1, 0.15) is 0 Å². The van der Waals surface area contributed by atoms with Gasteiger partial charge < -0.3 is 4.42 Å². The number of nitrogens with zero attached hydrogens (tertiary/aromatic N) is 1. The molecule has 0 aliphatic heterocycles. The van der Waals surface area contributed by atoms with Crippen molar-refractivity contribution in [3.8, 4) is 0 Å². The summed E-state index contributed by atoms with van der Waals surface area (Å²) in [6.45, 7) is 0. The van der Waals surface area contributed by atoms with E-state index in [1.165, 1.54) is 11.8 Å². The molecule has 4 nitrogen and oxygen atoms in total. The molecule has 3 aromatic rings. The highest BCUT2D eigenvalue weighted by molar-refractivity contribution is 8.00. The molecule has 0 unspecified atom stereocenters. The quantitative estimate of drug-likeness (QED) is 0.675. The van der Waals surface area contributed by atoms with Crippen molar-refractivity contribution in [1.82, 2.24) is 4.98 Å². The van der Waals surface area contributed by atoms with Gasteiger partial charge in [-0.3, -0.25) is 0 Å². The van der Waals surface area contributed by atoms with Crippen molar-refractivity contribution < 1.29 is 12.8 Å². The fourth-order valence-corrected chi connectivity index (χ4v) is 4.40. The van der Waals surface area contributed by atoms with Crippen LogP contribution in [0.3, 0.4) is 0 Å². The number of para-hydroxylation sites is 2. The van der Waals surface area contributed by atoms with Crippen molar-refractivity contribution in [3.05, 3.63) is 54.6 Å². The Morgan fingerprint density at radius 1 is 1.00 bits per heavy atom. The Labute approximate surface area is 127 Å². The number of thioether (sulfide) groups is 1. The van der Waals surface area contributed by atoms with Crippen LogP contribution in [0.25, 0.3) is 11.1 Å². The highest BCUT2D eigenvalue weighted by Crippen LogP contribution is 2.23. The average Bonchev–Trinajstić information content (AvgIpc) is 2.90. The van der Waals surface area contributed by atoms with Gasteiger partial charge in [0, 0.05) is 5.75 Å². The molecule has 0 radical (unpaired) electrons. The Hall–Kier alpha value is -1.79. The molecule has 2 aromatic carbocycles. The molecule has 0 aliphatic rings. The fourth-order valence-electron chi connectivity index (χ4n) is 1.90. The van der Waals surface area contributed by atoms with Gasteiger partial charge in [-0.1, -0.05) is 42.1 Å². The van der Waals surface area contributed by atoms with Crippen LogP contribution < -0.4 is 0 Å². The number of benzene rings is 2. The normalized spacial score (nSPS) is 11.8. The summed E-state index contributed by atoms with van der Waals surface area (Å²) in [7, 11) is -3.25. The Bertz CT molecular complexity index is 808. The van der Waals surface area contributed by atoms with E-state index in [1.54, 1.807) is 30.3 Å². The lowest BCUT2D eigenvalue weighted by molar-refractivity contribution is 0.489. The Balaban J connectivity index is 1.66. The fraction of sp³-hybridized carbons (Fsp3) is 0.133. The number of hydrogen-bond donors (Lipinski definition) is 0. The molecule has 21 heavy (non-hydrogen) atoms. The molecule has 0 amide bonds. The topological polar surface area (TPSA) is 60.2 Å². The number of sulfone groups is 1. The zero-order chi connectivity index (χ0) is 14.7. The zero-order valence-corrected chi connectivity index (χ0v) is 12.7. The van der Waals surface area contributed by atoms with E-state index in [0.717, 1.165) is 5.52 Å². The predicted octanol–water partition coefficient (Wildman–Crippen LogP) is 3.39. The summed E-state index contributed by atoms with van der Waals surface area (Å²) >= 11 is 1.31. The van der Waals surface area contributed by atoms with Crippen molar-refractivity contribution in [3.63, 3.8) is 0 Å². The van der Waals surface area contributed by atoms with Gasteiger partial charge in [0.15, 0.2) is 15.4 Å². The molecule has 0 spiro atoms. The molecule has 0 aliphatic carbocycles. The maximum Gasteiger partial charge on any atom is 0.256 e. The Morgan fingerprint density at radius 2 is 1.71 bits per heavy atom. The summed E-state index contributed by atoms with van der Waals surface area (Å²) in [5.41, 5.74) is 1.50. The van der Waals surface area contributed by atoms with E-state index in [2.05, 4.69) is 4.98 Å². The van der Waals surface area contributed by atoms with E-state index in [0.29, 0.717) is 21.5 Å². The standard InChI is InChI=1S/C15H13NO3S2/c17-21(18,12-6-2-1-3-7-12)11-10-20-15-16-13-8-4-5-9-14(13)19-15/h1-9H,10-11H2. The SMILES string of the molecule is O=S(=O)(CCSc1nc2ccccc2o1)c1ccccc1. The number of aromatic nitrogens is 1. The second-order valence-electron chi connectivity index (χ2n) is 4.43. The molecule has 0 fully saturated rings. The lowest BCUT2D eigenvalue weighted by Gasteiger charge is -2.02. The first-order valence-corrected chi connectivity index (χ1v) is 9.05. The molecule has 1 heterocycles. The monoisotopic (exact) mass is 319 g/mol. The first-order chi connectivity index (χ1) is 10.1. The van der Waals surface area contributed by atoms with E-state index in [1.807, 2.05) is 24.3 Å². The molecule has 6 heteroatoms. The summed E-state index contributed by atoms with van der Waals surface area (Å²) in [6.07, 6.45) is 0. The lowest BCUT2D eigenvalue weighted by atomic mass is 10.3. The van der Waals surface area contributed by atoms with Gasteiger partial charge in [0.05, 0.1) is 10.6 Å². The van der Waals surface area contributed by atoms with Gasteiger partial charge in [0.25, 0.3) is 5.22 Å². The molecule has 0 saturated carbocycles. The van der Waals surface area contributed by atoms with Crippen LogP contribution >= 0.6 is 11.8 Å². The van der Waals surface area contributed by atoms with Gasteiger partial charge in [-0.2, -0.15) is 0 Å². The van der Waals surface area contributed by atoms with E-state index >= 15 is 0 Å². The van der Waals surface area contributed by atoms with Crippen molar-refractivity contribution in [2.75, 3.05) is 11.5 Å². The summed E-state index contributed by atoms with van der Waals surface area (Å²) in [5.74, 6) is 0.463. The van der Waals surface area contributed by atoms with Gasteiger partial charge in [0.1, 0.15) is 5.52 Å². The number of rotatable bonds is 5. The smallest absolute Gasteiger partial charge is 0.256 e. The van der Waals surface area contributed by atoms with E-state index in [4.69, 9.17) is 4.42 Å². The molecule has 1 aromatic heterocycles. The van der Waals surface area contributed by atoms with E-state index in [-0.39, 0.29) is 5.75 Å². The minimum Gasteiger partial charge on any atom is -0.431 e. The second-order valence-corrected chi connectivity index (χ2v) is 7.58. The van der Waals surface area contributed by atoms with Crippen LogP contribution in [0.15, 0.2) is 69.1 Å². The third kappa shape index (κ3) is 3.28. The molecule has 0 atom stereocenters. The first-order valence-electron chi connectivity index (χ1n) is 6.41. The lowest BCUT2D eigenvalue weighted by Crippen LogP contribution is -2.08. The van der Waals surface area contributed by atoms with Crippen LogP contribution in [0.4, 0.5) is 0 Å². The van der Waals surface area contributed by atoms with Crippen molar-refractivity contribution in [1.29, 1.82) is 0 Å². The number of fused-ring (bicyclic) bond motifs is 1. The van der Waals surface area contributed by atoms with Crippen LogP contribution in [0.5, 0.6) is 0 Å². The molecule has 3 rings (SSSR count). The summed E-state index contributed by atoms with van der Waals surface area (Å²) in [6, 6.07) is 15.9. The minimum absolute atomic E-state index is 0.0560. The second kappa shape index (κ2) is 5.91. The van der Waals surface area contributed by atoms with Crippen molar-refractivity contribution in [2.24, 2.45) is 0 Å². The van der Waals surface area contributed by atoms with Crippen LogP contribution in [0, 0.1) is 0 Å². The van der Waals surface area contributed by atoms with Crippen molar-refractivity contribution >= 4 is 32.7 Å². The van der Waals surface area contributed by atoms with Crippen LogP contribution in [0.2, 0.25) is 0 Å². The largest absolute Gasteiger partial charge is 0.431 e. The highest BCUT2D eigenvalue weighted by Gasteiger charge is 2.14. The van der Waals surface area contributed by atoms with Gasteiger partial charge in [-0.15, -0.1) is 0 Å². The van der Waals surface area contributed by atoms with Gasteiger partial charge >= 0.3 is 0 Å². The predicted molar refractivity (Wildman–Crippen MR) is 83.2 cm³/mol. The first kappa shape index (κ1) is 14.2. The molecule has 0 N–H and O–H groups in total. The van der Waals surface area contributed by atoms with E-state index in [9.17, 15) is 8.42 Å². The van der Waals surface area contributed by atoms with Gasteiger partial charge in [0.2, 0.25) is 0 Å². The molecular formula is C15H13NO3S2. The molecule has 0 saturated heterocycles. The molecule has 0 bridgehead atoms. The summed E-state index contributed by atoms with van der Waals surface area (Å²) < 4.78 is 29.8. The zero-order valence-electron chi connectivity index (χ0n) is 11.1. The average molecular weight is 319 g/mol. The van der Waals surface area contributed by atoms with Crippen LogP contribution in [-0.2, 0) is 9.84 Å². The number of hydrogen-bond acceptors (Lipinski definition) is 5. The van der Waals surface area contributed by atoms with E-state index < -0.39 is 9.84 Å². The third-order valence-corrected chi connectivity index (χ3v) is 5.77. The Kier molecular flexibility index (Phi) is 3.98. The summed E-state index contributed by atoms with van der Waals surface area (Å²) in [4.78, 5) is 4.66. The summed E-state index contributed by atoms with van der Waals surface area (Å²) in [5, 5.41) is 0.500. The Morgan fingerprint density at radius 3 is 2.48 bits per heavy atom. The van der Waals surface area contributed by atoms with Gasteiger partial charge in [-0.05, 0) is 24.3 Å². The maximum absolute atomic E-state index is 12.1. The van der Waals surface area contributed by atoms with Crippen LogP contribution in [-0.4, -0.2) is 24.9 Å².